The Morgan fingerprint density at radius 2 is 2.11 bits per heavy atom. The molecule has 1 amide bonds. The number of rotatable bonds is 6. The summed E-state index contributed by atoms with van der Waals surface area (Å²) in [4.78, 5) is 11.2. The van der Waals surface area contributed by atoms with E-state index in [0.29, 0.717) is 11.0 Å². The molecule has 0 unspecified atom stereocenters. The molecule has 1 aromatic carbocycles. The molecule has 0 spiro atoms. The number of hydrogen-bond acceptors (Lipinski definition) is 4. The smallest absolute Gasteiger partial charge is 0.244 e. The number of carbonyl (C=O) groups excluding carboxylic acids is 1. The highest BCUT2D eigenvalue weighted by molar-refractivity contribution is 9.10. The van der Waals surface area contributed by atoms with Gasteiger partial charge in [-0.15, -0.1) is 0 Å². The Labute approximate surface area is 120 Å². The third-order valence-corrected chi connectivity index (χ3v) is 4.13. The zero-order valence-corrected chi connectivity index (χ0v) is 13.0. The lowest BCUT2D eigenvalue weighted by molar-refractivity contribution is -0.119. The lowest BCUT2D eigenvalue weighted by Crippen LogP contribution is -2.36. The molecule has 0 bridgehead atoms. The SMILES string of the molecule is CCNC(=O)CNS(=O)(=O)c1cc(Br)ccc1OC. The van der Waals surface area contributed by atoms with Gasteiger partial charge in [0, 0.05) is 11.0 Å². The highest BCUT2D eigenvalue weighted by atomic mass is 79.9. The number of likely N-dealkylation sites (N-methyl/N-ethyl adjacent to an activating group) is 1. The lowest BCUT2D eigenvalue weighted by atomic mass is 10.3. The molecule has 1 aromatic rings. The van der Waals surface area contributed by atoms with E-state index in [2.05, 4.69) is 26.0 Å². The Hall–Kier alpha value is -1.12. The quantitative estimate of drug-likeness (QED) is 0.797. The van der Waals surface area contributed by atoms with E-state index in [0.717, 1.165) is 0 Å². The summed E-state index contributed by atoms with van der Waals surface area (Å²) in [6, 6.07) is 4.62. The average molecular weight is 351 g/mol. The molecule has 0 atom stereocenters. The molecule has 106 valence electrons. The summed E-state index contributed by atoms with van der Waals surface area (Å²) in [6.45, 7) is 1.89. The summed E-state index contributed by atoms with van der Waals surface area (Å²) in [5.41, 5.74) is 0. The Bertz CT molecular complexity index is 560. The summed E-state index contributed by atoms with van der Waals surface area (Å²) in [6.07, 6.45) is 0. The number of nitrogens with one attached hydrogen (secondary N) is 2. The average Bonchev–Trinajstić information content (AvgIpc) is 2.37. The van der Waals surface area contributed by atoms with Crippen molar-refractivity contribution >= 4 is 31.9 Å². The monoisotopic (exact) mass is 350 g/mol. The Balaban J connectivity index is 2.94. The second kappa shape index (κ2) is 6.88. The normalized spacial score (nSPS) is 11.1. The summed E-state index contributed by atoms with van der Waals surface area (Å²) < 4.78 is 32.0. The van der Waals surface area contributed by atoms with Gasteiger partial charge in [-0.25, -0.2) is 13.1 Å². The number of hydrogen-bond donors (Lipinski definition) is 2. The molecule has 0 radical (unpaired) electrons. The first-order valence-corrected chi connectivity index (χ1v) is 7.78. The standard InChI is InChI=1S/C11H15BrN2O4S/c1-3-13-11(15)7-14-19(16,17)10-6-8(12)4-5-9(10)18-2/h4-6,14H,3,7H2,1-2H3,(H,13,15). The summed E-state index contributed by atoms with van der Waals surface area (Å²) in [5, 5.41) is 2.50. The third kappa shape index (κ3) is 4.48. The maximum atomic E-state index is 12.1. The van der Waals surface area contributed by atoms with Crippen LogP contribution in [0.2, 0.25) is 0 Å². The first-order valence-electron chi connectivity index (χ1n) is 5.50. The number of benzene rings is 1. The van der Waals surface area contributed by atoms with Crippen molar-refractivity contribution in [3.63, 3.8) is 0 Å². The minimum Gasteiger partial charge on any atom is -0.495 e. The summed E-state index contributed by atoms with van der Waals surface area (Å²) in [7, 11) is -2.42. The molecular formula is C11H15BrN2O4S. The number of carbonyl (C=O) groups is 1. The van der Waals surface area contributed by atoms with Crippen molar-refractivity contribution in [3.05, 3.63) is 22.7 Å². The van der Waals surface area contributed by atoms with Gasteiger partial charge in [-0.3, -0.25) is 4.79 Å². The summed E-state index contributed by atoms with van der Waals surface area (Å²) in [5.74, 6) is -0.174. The molecule has 2 N–H and O–H groups in total. The van der Waals surface area contributed by atoms with Gasteiger partial charge in [0.2, 0.25) is 15.9 Å². The van der Waals surface area contributed by atoms with E-state index in [4.69, 9.17) is 4.74 Å². The van der Waals surface area contributed by atoms with Crippen LogP contribution in [-0.2, 0) is 14.8 Å². The molecular weight excluding hydrogens is 336 g/mol. The third-order valence-electron chi connectivity index (χ3n) is 2.21. The van der Waals surface area contributed by atoms with Gasteiger partial charge in [0.15, 0.2) is 0 Å². The van der Waals surface area contributed by atoms with Crippen LogP contribution in [0.1, 0.15) is 6.92 Å². The number of amides is 1. The Morgan fingerprint density at radius 1 is 1.42 bits per heavy atom. The second-order valence-corrected chi connectivity index (χ2v) is 6.22. The van der Waals surface area contributed by atoms with Crippen molar-refractivity contribution in [1.29, 1.82) is 0 Å². The van der Waals surface area contributed by atoms with Crippen molar-refractivity contribution in [1.82, 2.24) is 10.0 Å². The number of ether oxygens (including phenoxy) is 1. The minimum atomic E-state index is -3.80. The van der Waals surface area contributed by atoms with Crippen LogP contribution >= 0.6 is 15.9 Å². The van der Waals surface area contributed by atoms with Gasteiger partial charge in [0.25, 0.3) is 0 Å². The molecule has 0 aliphatic rings. The zero-order valence-electron chi connectivity index (χ0n) is 10.6. The van der Waals surface area contributed by atoms with Crippen LogP contribution < -0.4 is 14.8 Å². The van der Waals surface area contributed by atoms with Crippen LogP contribution in [0.15, 0.2) is 27.6 Å². The van der Waals surface area contributed by atoms with Crippen molar-refractivity contribution in [2.45, 2.75) is 11.8 Å². The van der Waals surface area contributed by atoms with Crippen LogP contribution in [0, 0.1) is 0 Å². The van der Waals surface area contributed by atoms with Crippen molar-refractivity contribution in [2.24, 2.45) is 0 Å². The molecule has 19 heavy (non-hydrogen) atoms. The van der Waals surface area contributed by atoms with Crippen LogP contribution in [-0.4, -0.2) is 34.5 Å². The predicted octanol–water partition coefficient (Wildman–Crippen LogP) is 0.872. The molecule has 0 aliphatic heterocycles. The van der Waals surface area contributed by atoms with Crippen LogP contribution in [0.5, 0.6) is 5.75 Å². The molecule has 6 nitrogen and oxygen atoms in total. The van der Waals surface area contributed by atoms with E-state index in [-0.39, 0.29) is 23.1 Å². The number of halogens is 1. The van der Waals surface area contributed by atoms with Crippen molar-refractivity contribution < 1.29 is 17.9 Å². The largest absolute Gasteiger partial charge is 0.495 e. The Morgan fingerprint density at radius 3 is 2.68 bits per heavy atom. The van der Waals surface area contributed by atoms with Gasteiger partial charge in [-0.2, -0.15) is 0 Å². The maximum absolute atomic E-state index is 12.1. The Kier molecular flexibility index (Phi) is 5.77. The fourth-order valence-electron chi connectivity index (χ4n) is 1.36. The van der Waals surface area contributed by atoms with E-state index >= 15 is 0 Å². The second-order valence-electron chi connectivity index (χ2n) is 3.57. The molecule has 0 saturated carbocycles. The van der Waals surface area contributed by atoms with E-state index < -0.39 is 10.0 Å². The fourth-order valence-corrected chi connectivity index (χ4v) is 3.05. The van der Waals surface area contributed by atoms with Gasteiger partial charge >= 0.3 is 0 Å². The van der Waals surface area contributed by atoms with Crippen LogP contribution in [0.3, 0.4) is 0 Å². The molecule has 0 heterocycles. The van der Waals surface area contributed by atoms with Gasteiger partial charge in [-0.1, -0.05) is 15.9 Å². The summed E-state index contributed by atoms with van der Waals surface area (Å²) >= 11 is 3.20. The van der Waals surface area contributed by atoms with E-state index in [9.17, 15) is 13.2 Å². The highest BCUT2D eigenvalue weighted by Crippen LogP contribution is 2.26. The van der Waals surface area contributed by atoms with Crippen LogP contribution in [0.25, 0.3) is 0 Å². The van der Waals surface area contributed by atoms with E-state index in [1.165, 1.54) is 19.2 Å². The molecule has 0 fully saturated rings. The van der Waals surface area contributed by atoms with E-state index in [1.807, 2.05) is 0 Å². The first kappa shape index (κ1) is 15.9. The van der Waals surface area contributed by atoms with Gasteiger partial charge in [0.1, 0.15) is 10.6 Å². The maximum Gasteiger partial charge on any atom is 0.244 e. The topological polar surface area (TPSA) is 84.5 Å². The molecule has 0 aromatic heterocycles. The fraction of sp³-hybridized carbons (Fsp3) is 0.364. The first-order chi connectivity index (χ1) is 8.90. The molecule has 8 heteroatoms. The number of sulfonamides is 1. The highest BCUT2D eigenvalue weighted by Gasteiger charge is 2.20. The van der Waals surface area contributed by atoms with Crippen LogP contribution in [0.4, 0.5) is 0 Å². The van der Waals surface area contributed by atoms with E-state index in [1.54, 1.807) is 13.0 Å². The molecule has 0 saturated heterocycles. The zero-order chi connectivity index (χ0) is 14.5. The van der Waals surface area contributed by atoms with Gasteiger partial charge in [-0.05, 0) is 25.1 Å². The van der Waals surface area contributed by atoms with Gasteiger partial charge in [0.05, 0.1) is 13.7 Å². The van der Waals surface area contributed by atoms with Crippen molar-refractivity contribution in [2.75, 3.05) is 20.2 Å². The van der Waals surface area contributed by atoms with Gasteiger partial charge < -0.3 is 10.1 Å². The minimum absolute atomic E-state index is 0.0197. The molecule has 1 rings (SSSR count). The predicted molar refractivity (Wildman–Crippen MR) is 74.6 cm³/mol. The number of methoxy groups -OCH3 is 1. The van der Waals surface area contributed by atoms with Crippen molar-refractivity contribution in [3.8, 4) is 5.75 Å². The molecule has 0 aliphatic carbocycles. The lowest BCUT2D eigenvalue weighted by Gasteiger charge is -2.11.